The van der Waals surface area contributed by atoms with Crippen LogP contribution in [0.3, 0.4) is 0 Å². The Bertz CT molecular complexity index is 782. The average molecular weight is 350 g/mol. The van der Waals surface area contributed by atoms with Gasteiger partial charge >= 0.3 is 0 Å². The van der Waals surface area contributed by atoms with Crippen molar-refractivity contribution < 1.29 is 9.90 Å². The van der Waals surface area contributed by atoms with Gasteiger partial charge in [-0.3, -0.25) is 9.69 Å². The highest BCUT2D eigenvalue weighted by Crippen LogP contribution is 2.44. The van der Waals surface area contributed by atoms with E-state index in [0.29, 0.717) is 5.75 Å². The van der Waals surface area contributed by atoms with Crippen molar-refractivity contribution in [3.05, 3.63) is 65.7 Å². The quantitative estimate of drug-likeness (QED) is 0.923. The molecule has 26 heavy (non-hydrogen) atoms. The van der Waals surface area contributed by atoms with Crippen LogP contribution in [0.5, 0.6) is 5.75 Å². The van der Waals surface area contributed by atoms with Gasteiger partial charge in [0.25, 0.3) is 0 Å². The third-order valence-corrected chi connectivity index (χ3v) is 6.23. The molecule has 1 atom stereocenters. The van der Waals surface area contributed by atoms with Crippen molar-refractivity contribution >= 4 is 5.91 Å². The Morgan fingerprint density at radius 3 is 2.50 bits per heavy atom. The normalized spacial score (nSPS) is 22.9. The molecule has 2 saturated heterocycles. The van der Waals surface area contributed by atoms with E-state index in [9.17, 15) is 9.90 Å². The molecule has 4 heteroatoms. The first-order valence-corrected chi connectivity index (χ1v) is 9.40. The first-order valence-electron chi connectivity index (χ1n) is 9.40. The van der Waals surface area contributed by atoms with Crippen LogP contribution in [0.15, 0.2) is 54.6 Å². The van der Waals surface area contributed by atoms with Gasteiger partial charge in [-0.1, -0.05) is 42.5 Å². The predicted octanol–water partition coefficient (Wildman–Crippen LogP) is 3.37. The van der Waals surface area contributed by atoms with Crippen molar-refractivity contribution in [1.82, 2.24) is 9.80 Å². The van der Waals surface area contributed by atoms with E-state index in [-0.39, 0.29) is 17.4 Å². The molecule has 1 N–H and O–H groups in total. The van der Waals surface area contributed by atoms with E-state index < -0.39 is 0 Å². The second kappa shape index (κ2) is 6.76. The number of benzene rings is 2. The van der Waals surface area contributed by atoms with E-state index in [1.165, 1.54) is 0 Å². The van der Waals surface area contributed by atoms with Crippen molar-refractivity contribution in [2.75, 3.05) is 20.1 Å². The lowest BCUT2D eigenvalue weighted by atomic mass is 9.81. The van der Waals surface area contributed by atoms with Crippen LogP contribution in [-0.2, 0) is 11.3 Å². The molecule has 2 aromatic carbocycles. The van der Waals surface area contributed by atoms with E-state index >= 15 is 0 Å². The minimum absolute atomic E-state index is 0.00109. The Balaban J connectivity index is 1.44. The topological polar surface area (TPSA) is 43.8 Å². The molecule has 1 spiro atoms. The second-order valence-electron chi connectivity index (χ2n) is 7.74. The van der Waals surface area contributed by atoms with E-state index in [1.54, 1.807) is 6.07 Å². The highest BCUT2D eigenvalue weighted by molar-refractivity contribution is 5.87. The maximum absolute atomic E-state index is 12.9. The zero-order chi connectivity index (χ0) is 18.1. The summed E-state index contributed by atoms with van der Waals surface area (Å²) in [6.45, 7) is 2.81. The predicted molar refractivity (Wildman–Crippen MR) is 102 cm³/mol. The molecule has 4 nitrogen and oxygen atoms in total. The standard InChI is InChI=1S/C22H26N2O2/c1-23-21(26)20(18-7-3-2-4-8-18)15-22(23)10-12-24(13-11-22)16-17-6-5-9-19(25)14-17/h2-9,14,20,25H,10-13,15-16H2,1H3/t20-/m0/s1. The van der Waals surface area contributed by atoms with Gasteiger partial charge in [0.05, 0.1) is 5.92 Å². The number of piperidine rings is 1. The van der Waals surface area contributed by atoms with Crippen molar-refractivity contribution in [1.29, 1.82) is 0 Å². The Hall–Kier alpha value is -2.33. The number of carbonyl (C=O) groups is 1. The number of amides is 1. The molecular formula is C22H26N2O2. The summed E-state index contributed by atoms with van der Waals surface area (Å²) in [5, 5.41) is 9.65. The average Bonchev–Trinajstić information content (AvgIpc) is 2.90. The number of likely N-dealkylation sites (tertiary alicyclic amines) is 2. The van der Waals surface area contributed by atoms with Gasteiger partial charge in [0.15, 0.2) is 0 Å². The molecular weight excluding hydrogens is 324 g/mol. The Labute approximate surface area is 155 Å². The number of carbonyl (C=O) groups excluding carboxylic acids is 1. The number of nitrogens with zero attached hydrogens (tertiary/aromatic N) is 2. The third kappa shape index (κ3) is 3.10. The number of rotatable bonds is 3. The summed E-state index contributed by atoms with van der Waals surface area (Å²) in [5.74, 6) is 0.583. The summed E-state index contributed by atoms with van der Waals surface area (Å²) in [4.78, 5) is 17.3. The molecule has 0 bridgehead atoms. The number of phenolic OH excluding ortho intramolecular Hbond substituents is 1. The lowest BCUT2D eigenvalue weighted by molar-refractivity contribution is -0.131. The van der Waals surface area contributed by atoms with Gasteiger partial charge in [-0.15, -0.1) is 0 Å². The van der Waals surface area contributed by atoms with Crippen molar-refractivity contribution in [3.8, 4) is 5.75 Å². The second-order valence-corrected chi connectivity index (χ2v) is 7.74. The summed E-state index contributed by atoms with van der Waals surface area (Å²) >= 11 is 0. The largest absolute Gasteiger partial charge is 0.508 e. The van der Waals surface area contributed by atoms with Crippen molar-refractivity contribution in [2.24, 2.45) is 0 Å². The van der Waals surface area contributed by atoms with Crippen LogP contribution in [0.25, 0.3) is 0 Å². The van der Waals surface area contributed by atoms with Gasteiger partial charge in [0.2, 0.25) is 5.91 Å². The van der Waals surface area contributed by atoms with Crippen LogP contribution in [0, 0.1) is 0 Å². The molecule has 2 heterocycles. The van der Waals surface area contributed by atoms with Gasteiger partial charge < -0.3 is 10.0 Å². The molecule has 0 saturated carbocycles. The number of hydrogen-bond donors (Lipinski definition) is 1. The molecule has 0 radical (unpaired) electrons. The molecule has 2 aliphatic rings. The molecule has 1 amide bonds. The fourth-order valence-corrected chi connectivity index (χ4v) is 4.60. The lowest BCUT2D eigenvalue weighted by Gasteiger charge is -2.43. The maximum Gasteiger partial charge on any atom is 0.230 e. The zero-order valence-electron chi connectivity index (χ0n) is 15.3. The third-order valence-electron chi connectivity index (χ3n) is 6.23. The maximum atomic E-state index is 12.9. The van der Waals surface area contributed by atoms with Crippen LogP contribution in [0.2, 0.25) is 0 Å². The summed E-state index contributed by atoms with van der Waals surface area (Å²) < 4.78 is 0. The van der Waals surface area contributed by atoms with E-state index in [0.717, 1.165) is 50.0 Å². The Morgan fingerprint density at radius 2 is 1.81 bits per heavy atom. The summed E-state index contributed by atoms with van der Waals surface area (Å²) in [5.41, 5.74) is 2.27. The van der Waals surface area contributed by atoms with E-state index in [2.05, 4.69) is 23.1 Å². The number of hydrogen-bond acceptors (Lipinski definition) is 3. The number of aromatic hydroxyl groups is 1. The Morgan fingerprint density at radius 1 is 1.08 bits per heavy atom. The fraction of sp³-hybridized carbons (Fsp3) is 0.409. The molecule has 2 aliphatic heterocycles. The molecule has 4 rings (SSSR count). The minimum atomic E-state index is -0.00703. The van der Waals surface area contributed by atoms with Gasteiger partial charge in [-0.2, -0.15) is 0 Å². The van der Waals surface area contributed by atoms with Crippen LogP contribution in [0.1, 0.15) is 36.3 Å². The lowest BCUT2D eigenvalue weighted by Crippen LogP contribution is -2.51. The monoisotopic (exact) mass is 350 g/mol. The summed E-state index contributed by atoms with van der Waals surface area (Å²) in [6.07, 6.45) is 2.95. The van der Waals surface area contributed by atoms with Gasteiger partial charge in [0.1, 0.15) is 5.75 Å². The summed E-state index contributed by atoms with van der Waals surface area (Å²) in [7, 11) is 1.98. The van der Waals surface area contributed by atoms with Crippen LogP contribution < -0.4 is 0 Å². The highest BCUT2D eigenvalue weighted by Gasteiger charge is 2.50. The zero-order valence-corrected chi connectivity index (χ0v) is 15.3. The first-order chi connectivity index (χ1) is 12.6. The van der Waals surface area contributed by atoms with Crippen LogP contribution >= 0.6 is 0 Å². The van der Waals surface area contributed by atoms with Crippen molar-refractivity contribution in [3.63, 3.8) is 0 Å². The van der Waals surface area contributed by atoms with Gasteiger partial charge in [0, 0.05) is 32.2 Å². The summed E-state index contributed by atoms with van der Waals surface area (Å²) in [6, 6.07) is 17.7. The fourth-order valence-electron chi connectivity index (χ4n) is 4.60. The molecule has 0 aliphatic carbocycles. The minimum Gasteiger partial charge on any atom is -0.508 e. The smallest absolute Gasteiger partial charge is 0.230 e. The van der Waals surface area contributed by atoms with E-state index in [4.69, 9.17) is 0 Å². The SMILES string of the molecule is CN1C(=O)[C@H](c2ccccc2)CC12CCN(Cc1cccc(O)c1)CC2. The highest BCUT2D eigenvalue weighted by atomic mass is 16.3. The van der Waals surface area contributed by atoms with Crippen molar-refractivity contribution in [2.45, 2.75) is 37.3 Å². The molecule has 2 fully saturated rings. The molecule has 0 unspecified atom stereocenters. The molecule has 136 valence electrons. The number of phenols is 1. The number of likely N-dealkylation sites (N-methyl/N-ethyl adjacent to an activating group) is 1. The Kier molecular flexibility index (Phi) is 4.45. The van der Waals surface area contributed by atoms with Crippen LogP contribution in [0.4, 0.5) is 0 Å². The molecule has 2 aromatic rings. The van der Waals surface area contributed by atoms with Gasteiger partial charge in [-0.05, 0) is 42.5 Å². The molecule has 0 aromatic heterocycles. The van der Waals surface area contributed by atoms with Gasteiger partial charge in [-0.25, -0.2) is 0 Å². The van der Waals surface area contributed by atoms with Crippen LogP contribution in [-0.4, -0.2) is 46.5 Å². The van der Waals surface area contributed by atoms with E-state index in [1.807, 2.05) is 42.3 Å². The first kappa shape index (κ1) is 17.1.